The number of fused-ring (bicyclic) bond motifs is 1. The van der Waals surface area contributed by atoms with Crippen molar-refractivity contribution >= 4 is 39.3 Å². The molecular weight excluding hydrogens is 670 g/mol. The summed E-state index contributed by atoms with van der Waals surface area (Å²) in [5.41, 5.74) is 3.28. The number of allylic oxidation sites excluding steroid dienone is 1. The first-order valence-electron chi connectivity index (χ1n) is 14.6. The lowest BCUT2D eigenvalue weighted by molar-refractivity contribution is -0.139. The summed E-state index contributed by atoms with van der Waals surface area (Å²) in [6.45, 7) is 7.78. The number of para-hydroxylation sites is 1. The van der Waals surface area contributed by atoms with Gasteiger partial charge in [0.1, 0.15) is 18.4 Å². The Balaban J connectivity index is 1.58. The molecule has 0 N–H and O–H groups in total. The predicted octanol–water partition coefficient (Wildman–Crippen LogP) is 5.81. The van der Waals surface area contributed by atoms with Crippen molar-refractivity contribution in [3.8, 4) is 23.3 Å². The molecule has 0 radical (unpaired) electrons. The molecule has 0 spiro atoms. The van der Waals surface area contributed by atoms with Gasteiger partial charge < -0.3 is 18.9 Å². The molecule has 46 heavy (non-hydrogen) atoms. The van der Waals surface area contributed by atoms with Crippen molar-refractivity contribution in [1.29, 1.82) is 5.26 Å². The number of nitriles is 1. The lowest BCUT2D eigenvalue weighted by atomic mass is 9.95. The number of rotatable bonds is 10. The Morgan fingerprint density at radius 1 is 1.15 bits per heavy atom. The smallest absolute Gasteiger partial charge is 0.338 e. The lowest BCUT2D eigenvalue weighted by Crippen LogP contribution is -2.40. The summed E-state index contributed by atoms with van der Waals surface area (Å²) in [5.74, 6) is 1.01. The zero-order valence-corrected chi connectivity index (χ0v) is 28.4. The molecule has 0 fully saturated rings. The highest BCUT2D eigenvalue weighted by atomic mass is 79.9. The first-order chi connectivity index (χ1) is 22.1. The van der Waals surface area contributed by atoms with Crippen LogP contribution in [0.3, 0.4) is 0 Å². The van der Waals surface area contributed by atoms with Gasteiger partial charge in [0.25, 0.3) is 5.56 Å². The highest BCUT2D eigenvalue weighted by molar-refractivity contribution is 9.10. The topological polar surface area (TPSA) is 112 Å². The van der Waals surface area contributed by atoms with Crippen LogP contribution in [0.25, 0.3) is 6.08 Å². The Labute approximate surface area is 278 Å². The second-order valence-corrected chi connectivity index (χ2v) is 12.5. The summed E-state index contributed by atoms with van der Waals surface area (Å²) in [7, 11) is 1.55. The summed E-state index contributed by atoms with van der Waals surface area (Å²) < 4.78 is 25.9. The maximum Gasteiger partial charge on any atom is 0.338 e. The minimum Gasteiger partial charge on any atom is -0.493 e. The molecular formula is C35H32BrN3O6S. The van der Waals surface area contributed by atoms with Crippen LogP contribution in [0.5, 0.6) is 17.2 Å². The number of hydrogen-bond donors (Lipinski definition) is 0. The van der Waals surface area contributed by atoms with Crippen LogP contribution in [-0.4, -0.2) is 30.4 Å². The van der Waals surface area contributed by atoms with Gasteiger partial charge in [0.15, 0.2) is 16.3 Å². The molecule has 0 aliphatic carbocycles. The third-order valence-corrected chi connectivity index (χ3v) is 8.68. The van der Waals surface area contributed by atoms with Crippen molar-refractivity contribution in [2.45, 2.75) is 46.4 Å². The van der Waals surface area contributed by atoms with Gasteiger partial charge in [-0.2, -0.15) is 5.26 Å². The van der Waals surface area contributed by atoms with E-state index in [4.69, 9.17) is 24.2 Å². The minimum atomic E-state index is -0.799. The molecule has 0 unspecified atom stereocenters. The molecule has 5 rings (SSSR count). The van der Waals surface area contributed by atoms with E-state index in [9.17, 15) is 9.59 Å². The molecule has 1 atom stereocenters. The van der Waals surface area contributed by atoms with Crippen molar-refractivity contribution in [1.82, 2.24) is 4.57 Å². The van der Waals surface area contributed by atoms with Crippen LogP contribution in [0.1, 0.15) is 56.0 Å². The van der Waals surface area contributed by atoms with Crippen LogP contribution >= 0.6 is 27.3 Å². The van der Waals surface area contributed by atoms with Crippen molar-refractivity contribution in [2.24, 2.45) is 4.99 Å². The zero-order chi connectivity index (χ0) is 33.0. The van der Waals surface area contributed by atoms with E-state index < -0.39 is 12.0 Å². The van der Waals surface area contributed by atoms with Gasteiger partial charge in [-0.25, -0.2) is 9.79 Å². The molecule has 0 bridgehead atoms. The zero-order valence-electron chi connectivity index (χ0n) is 26.0. The highest BCUT2D eigenvalue weighted by Gasteiger charge is 2.35. The predicted molar refractivity (Wildman–Crippen MR) is 179 cm³/mol. The van der Waals surface area contributed by atoms with Crippen LogP contribution in [0, 0.1) is 11.3 Å². The van der Waals surface area contributed by atoms with E-state index in [2.05, 4.69) is 27.0 Å². The average molecular weight is 703 g/mol. The van der Waals surface area contributed by atoms with Gasteiger partial charge in [0.2, 0.25) is 0 Å². The third-order valence-electron chi connectivity index (χ3n) is 7.11. The van der Waals surface area contributed by atoms with Gasteiger partial charge in [0, 0.05) is 5.56 Å². The van der Waals surface area contributed by atoms with Crippen LogP contribution in [-0.2, 0) is 16.1 Å². The number of halogens is 1. The van der Waals surface area contributed by atoms with Gasteiger partial charge in [-0.3, -0.25) is 9.36 Å². The van der Waals surface area contributed by atoms with Crippen LogP contribution in [0.4, 0.5) is 0 Å². The normalized spacial score (nSPS) is 14.4. The van der Waals surface area contributed by atoms with E-state index in [0.717, 1.165) is 5.56 Å². The number of methoxy groups -OCH3 is 1. The van der Waals surface area contributed by atoms with Gasteiger partial charge >= 0.3 is 5.97 Å². The quantitative estimate of drug-likeness (QED) is 0.192. The number of esters is 1. The maximum absolute atomic E-state index is 14.2. The molecule has 2 heterocycles. The number of thiazole rings is 1. The summed E-state index contributed by atoms with van der Waals surface area (Å²) in [6, 6.07) is 19.5. The Morgan fingerprint density at radius 3 is 2.57 bits per heavy atom. The lowest BCUT2D eigenvalue weighted by Gasteiger charge is -2.26. The number of carbonyl (C=O) groups is 1. The Bertz CT molecular complexity index is 2040. The minimum absolute atomic E-state index is 0.127. The van der Waals surface area contributed by atoms with Crippen molar-refractivity contribution in [3.05, 3.63) is 118 Å². The van der Waals surface area contributed by atoms with E-state index in [1.165, 1.54) is 11.3 Å². The molecule has 4 aromatic rings. The van der Waals surface area contributed by atoms with Gasteiger partial charge in [-0.15, -0.1) is 0 Å². The number of benzene rings is 3. The Morgan fingerprint density at radius 2 is 1.89 bits per heavy atom. The molecule has 1 aromatic heterocycles. The van der Waals surface area contributed by atoms with E-state index in [0.29, 0.717) is 53.4 Å². The summed E-state index contributed by atoms with van der Waals surface area (Å²) in [5, 5.41) is 9.05. The summed E-state index contributed by atoms with van der Waals surface area (Å²) >= 11 is 4.83. The number of ether oxygens (including phenoxy) is 4. The second kappa shape index (κ2) is 14.2. The summed E-state index contributed by atoms with van der Waals surface area (Å²) in [6.07, 6.45) is 1.64. The monoisotopic (exact) mass is 701 g/mol. The van der Waals surface area contributed by atoms with E-state index in [1.54, 1.807) is 49.8 Å². The van der Waals surface area contributed by atoms with Crippen LogP contribution in [0.2, 0.25) is 0 Å². The van der Waals surface area contributed by atoms with Crippen molar-refractivity contribution in [3.63, 3.8) is 0 Å². The first kappa shape index (κ1) is 32.7. The molecule has 1 aliphatic rings. The number of carbonyl (C=O) groups excluding carboxylic acids is 1. The molecule has 1 aliphatic heterocycles. The SMILES string of the molecule is CCOC(=O)C1=C(C)N=c2s/c(=C\c3cc(Br)c(OCc4ccc(C#N)cc4)c(OC)c3)c(=O)n2[C@H]1c1ccccc1OC(C)C. The molecule has 0 amide bonds. The van der Waals surface area contributed by atoms with Crippen LogP contribution < -0.4 is 29.1 Å². The molecule has 3 aromatic carbocycles. The van der Waals surface area contributed by atoms with E-state index >= 15 is 0 Å². The van der Waals surface area contributed by atoms with Gasteiger partial charge in [-0.1, -0.05) is 41.7 Å². The standard InChI is InChI=1S/C35H32BrN3O6S/c1-6-43-34(41)30-21(4)38-35-39(31(30)25-9-7-8-10-27(25)45-20(2)3)33(40)29(46-35)17-24-15-26(36)32(28(16-24)42-5)44-19-23-13-11-22(18-37)12-14-23/h7-17,20,31H,6,19H2,1-5H3/b29-17-/t31-/m0/s1. The Kier molecular flexibility index (Phi) is 10.1. The molecule has 0 saturated carbocycles. The van der Waals surface area contributed by atoms with E-state index in [-0.39, 0.29) is 30.5 Å². The number of aromatic nitrogens is 1. The fraction of sp³-hybridized carbons (Fsp3) is 0.257. The fourth-order valence-electron chi connectivity index (χ4n) is 5.10. The molecule has 0 saturated heterocycles. The van der Waals surface area contributed by atoms with Gasteiger partial charge in [-0.05, 0) is 91.2 Å². The van der Waals surface area contributed by atoms with Crippen LogP contribution in [0.15, 0.2) is 86.2 Å². The van der Waals surface area contributed by atoms with Gasteiger partial charge in [0.05, 0.1) is 51.7 Å². The molecule has 236 valence electrons. The molecule has 9 nitrogen and oxygen atoms in total. The second-order valence-electron chi connectivity index (χ2n) is 10.6. The number of nitrogens with zero attached hydrogens (tertiary/aromatic N) is 3. The van der Waals surface area contributed by atoms with E-state index in [1.807, 2.05) is 56.3 Å². The maximum atomic E-state index is 14.2. The average Bonchev–Trinajstić information content (AvgIpc) is 3.33. The summed E-state index contributed by atoms with van der Waals surface area (Å²) in [4.78, 5) is 32.6. The molecule has 11 heteroatoms. The largest absolute Gasteiger partial charge is 0.493 e. The van der Waals surface area contributed by atoms with Crippen molar-refractivity contribution < 1.29 is 23.7 Å². The highest BCUT2D eigenvalue weighted by Crippen LogP contribution is 2.38. The Hall–Kier alpha value is -4.66. The third kappa shape index (κ3) is 6.78. The number of hydrogen-bond acceptors (Lipinski definition) is 9. The first-order valence-corrected chi connectivity index (χ1v) is 16.2. The fourth-order valence-corrected chi connectivity index (χ4v) is 6.72. The van der Waals surface area contributed by atoms with Crippen molar-refractivity contribution in [2.75, 3.05) is 13.7 Å².